The smallest absolute Gasteiger partial charge is 0.321 e. The number of hydrogen-bond acceptors (Lipinski definition) is 6. The quantitative estimate of drug-likeness (QED) is 0.323. The van der Waals surface area contributed by atoms with Gasteiger partial charge in [0.05, 0.1) is 5.69 Å². The van der Waals surface area contributed by atoms with E-state index >= 15 is 0 Å². The lowest BCUT2D eigenvalue weighted by Crippen LogP contribution is -2.47. The van der Waals surface area contributed by atoms with Gasteiger partial charge in [-0.05, 0) is 67.4 Å². The number of benzene rings is 2. The SMILES string of the molecule is O=C(Nc1ccc(F)cc1)N1CCC[C@@H](Nc2nccc(-c3c(-c4ccc(F)cc4)nc4occn34)n2)C1. The monoisotopic (exact) mass is 515 g/mol. The number of carbonyl (C=O) groups excluding carboxylic acids is 1. The number of anilines is 2. The largest absolute Gasteiger partial charge is 0.432 e. The van der Waals surface area contributed by atoms with Crippen LogP contribution in [0.5, 0.6) is 0 Å². The average Bonchev–Trinajstić information content (AvgIpc) is 3.52. The van der Waals surface area contributed by atoms with Crippen molar-refractivity contribution in [3.8, 4) is 22.6 Å². The summed E-state index contributed by atoms with van der Waals surface area (Å²) in [5.74, 6) is 0.112. The fraction of sp³-hybridized carbons (Fsp3) is 0.185. The zero-order valence-electron chi connectivity index (χ0n) is 20.1. The molecule has 2 amide bonds. The van der Waals surface area contributed by atoms with Crippen molar-refractivity contribution in [2.24, 2.45) is 0 Å². The molecule has 1 saturated heterocycles. The highest BCUT2D eigenvalue weighted by molar-refractivity contribution is 5.89. The molecule has 0 radical (unpaired) electrons. The Kier molecular flexibility index (Phi) is 6.16. The molecule has 0 aliphatic carbocycles. The zero-order valence-corrected chi connectivity index (χ0v) is 20.1. The lowest BCUT2D eigenvalue weighted by Gasteiger charge is -2.33. The topological polar surface area (TPSA) is 101 Å². The number of amides is 2. The van der Waals surface area contributed by atoms with Crippen LogP contribution in [0, 0.1) is 11.6 Å². The highest BCUT2D eigenvalue weighted by Crippen LogP contribution is 2.32. The van der Waals surface area contributed by atoms with Gasteiger partial charge in [-0.25, -0.2) is 23.5 Å². The Morgan fingerprint density at radius 3 is 2.55 bits per heavy atom. The maximum Gasteiger partial charge on any atom is 0.321 e. The number of fused-ring (bicyclic) bond motifs is 1. The second-order valence-corrected chi connectivity index (χ2v) is 9.00. The van der Waals surface area contributed by atoms with Crippen LogP contribution in [0.15, 0.2) is 77.7 Å². The zero-order chi connectivity index (χ0) is 26.1. The van der Waals surface area contributed by atoms with Crippen LogP contribution in [0.25, 0.3) is 28.5 Å². The standard InChI is InChI=1S/C27H23F2N7O2/c28-18-5-3-17(4-6-18)23-24(36-14-15-38-27(36)34-23)22-11-12-30-25(33-22)31-21-2-1-13-35(16-21)26(37)32-20-9-7-19(29)8-10-20/h3-12,14-15,21H,1-2,13,16H2,(H,32,37)(H,30,31,33)/t21-/m1/s1. The van der Waals surface area contributed by atoms with Crippen LogP contribution in [0.1, 0.15) is 12.8 Å². The Morgan fingerprint density at radius 2 is 1.76 bits per heavy atom. The minimum atomic E-state index is -0.360. The van der Waals surface area contributed by atoms with E-state index in [1.807, 2.05) is 0 Å². The average molecular weight is 516 g/mol. The van der Waals surface area contributed by atoms with E-state index in [0.29, 0.717) is 47.7 Å². The molecule has 9 nitrogen and oxygen atoms in total. The van der Waals surface area contributed by atoms with Gasteiger partial charge in [-0.2, -0.15) is 4.98 Å². The number of nitrogens with one attached hydrogen (secondary N) is 2. The second-order valence-electron chi connectivity index (χ2n) is 9.00. The van der Waals surface area contributed by atoms with Crippen LogP contribution in [0.2, 0.25) is 0 Å². The molecule has 1 atom stereocenters. The van der Waals surface area contributed by atoms with Gasteiger partial charge in [-0.1, -0.05) is 0 Å². The van der Waals surface area contributed by atoms with E-state index in [9.17, 15) is 13.6 Å². The van der Waals surface area contributed by atoms with E-state index in [0.717, 1.165) is 18.4 Å². The Hall–Kier alpha value is -4.80. The van der Waals surface area contributed by atoms with Gasteiger partial charge in [-0.3, -0.25) is 4.40 Å². The van der Waals surface area contributed by atoms with Crippen molar-refractivity contribution in [2.75, 3.05) is 23.7 Å². The molecule has 3 aromatic heterocycles. The van der Waals surface area contributed by atoms with Gasteiger partial charge in [0, 0.05) is 42.8 Å². The molecule has 0 unspecified atom stereocenters. The van der Waals surface area contributed by atoms with Crippen molar-refractivity contribution < 1.29 is 18.0 Å². The van der Waals surface area contributed by atoms with Crippen molar-refractivity contribution in [2.45, 2.75) is 18.9 Å². The lowest BCUT2D eigenvalue weighted by molar-refractivity contribution is 0.196. The van der Waals surface area contributed by atoms with E-state index < -0.39 is 0 Å². The van der Waals surface area contributed by atoms with Crippen molar-refractivity contribution in [1.82, 2.24) is 24.3 Å². The molecule has 6 rings (SSSR count). The first-order chi connectivity index (χ1) is 18.5. The summed E-state index contributed by atoms with van der Waals surface area (Å²) in [4.78, 5) is 28.2. The molecule has 0 saturated carbocycles. The summed E-state index contributed by atoms with van der Waals surface area (Å²) < 4.78 is 34.0. The number of imidazole rings is 1. The number of hydrogen-bond donors (Lipinski definition) is 2. The Morgan fingerprint density at radius 1 is 1.00 bits per heavy atom. The van der Waals surface area contributed by atoms with E-state index in [1.54, 1.807) is 39.9 Å². The summed E-state index contributed by atoms with van der Waals surface area (Å²) >= 11 is 0. The molecule has 0 spiro atoms. The van der Waals surface area contributed by atoms with Crippen LogP contribution in [0.4, 0.5) is 25.2 Å². The van der Waals surface area contributed by atoms with E-state index in [1.165, 1.54) is 42.7 Å². The summed E-state index contributed by atoms with van der Waals surface area (Å²) in [5, 5.41) is 6.16. The third kappa shape index (κ3) is 4.77. The number of rotatable bonds is 5. The van der Waals surface area contributed by atoms with Gasteiger partial charge >= 0.3 is 11.9 Å². The van der Waals surface area contributed by atoms with Gasteiger partial charge in [0.2, 0.25) is 5.95 Å². The van der Waals surface area contributed by atoms with E-state index in [-0.39, 0.29) is 23.7 Å². The summed E-state index contributed by atoms with van der Waals surface area (Å²) in [6.07, 6.45) is 6.59. The molecular weight excluding hydrogens is 492 g/mol. The molecule has 1 aliphatic heterocycles. The summed E-state index contributed by atoms with van der Waals surface area (Å²) in [6, 6.07) is 13.2. The number of carbonyl (C=O) groups is 1. The predicted octanol–water partition coefficient (Wildman–Crippen LogP) is 5.44. The number of likely N-dealkylation sites (tertiary alicyclic amines) is 1. The third-order valence-corrected chi connectivity index (χ3v) is 6.42. The fourth-order valence-corrected chi connectivity index (χ4v) is 4.60. The number of urea groups is 1. The van der Waals surface area contributed by atoms with E-state index in [2.05, 4.69) is 20.6 Å². The highest BCUT2D eigenvalue weighted by Gasteiger charge is 2.25. The predicted molar refractivity (Wildman–Crippen MR) is 138 cm³/mol. The summed E-state index contributed by atoms with van der Waals surface area (Å²) in [6.45, 7) is 1.07. The van der Waals surface area contributed by atoms with Crippen LogP contribution < -0.4 is 10.6 Å². The lowest BCUT2D eigenvalue weighted by atomic mass is 10.1. The summed E-state index contributed by atoms with van der Waals surface area (Å²) in [5.41, 5.74) is 3.16. The molecule has 38 heavy (non-hydrogen) atoms. The van der Waals surface area contributed by atoms with Crippen molar-refractivity contribution in [1.29, 1.82) is 0 Å². The first-order valence-corrected chi connectivity index (χ1v) is 12.2. The molecule has 4 heterocycles. The van der Waals surface area contributed by atoms with Gasteiger partial charge in [0.1, 0.15) is 29.3 Å². The number of nitrogens with zero attached hydrogens (tertiary/aromatic N) is 5. The number of oxazole rings is 1. The normalized spacial score (nSPS) is 15.5. The van der Waals surface area contributed by atoms with E-state index in [4.69, 9.17) is 9.40 Å². The molecule has 0 bridgehead atoms. The first-order valence-electron chi connectivity index (χ1n) is 12.2. The van der Waals surface area contributed by atoms with Gasteiger partial charge in [0.15, 0.2) is 0 Å². The maximum atomic E-state index is 13.5. The van der Waals surface area contributed by atoms with Gasteiger partial charge in [0.25, 0.3) is 0 Å². The van der Waals surface area contributed by atoms with Crippen molar-refractivity contribution >= 4 is 23.5 Å². The van der Waals surface area contributed by atoms with Crippen LogP contribution in [0.3, 0.4) is 0 Å². The molecule has 11 heteroatoms. The van der Waals surface area contributed by atoms with Crippen LogP contribution in [-0.4, -0.2) is 49.4 Å². The Labute approximate surface area is 216 Å². The Balaban J connectivity index is 1.21. The minimum absolute atomic E-state index is 0.0612. The number of halogens is 2. The molecule has 2 aromatic carbocycles. The van der Waals surface area contributed by atoms with Gasteiger partial charge < -0.3 is 20.0 Å². The highest BCUT2D eigenvalue weighted by atomic mass is 19.1. The van der Waals surface area contributed by atoms with Gasteiger partial charge in [-0.15, -0.1) is 0 Å². The molecule has 2 N–H and O–H groups in total. The fourth-order valence-electron chi connectivity index (χ4n) is 4.60. The molecule has 1 fully saturated rings. The minimum Gasteiger partial charge on any atom is -0.432 e. The maximum absolute atomic E-state index is 13.5. The second kappa shape index (κ2) is 9.92. The Bertz CT molecular complexity index is 1580. The first kappa shape index (κ1) is 23.6. The van der Waals surface area contributed by atoms with Crippen molar-refractivity contribution in [3.05, 3.63) is 84.9 Å². The molecule has 192 valence electrons. The molecule has 1 aliphatic rings. The summed E-state index contributed by atoms with van der Waals surface area (Å²) in [7, 11) is 0. The molecular formula is C27H23F2N7O2. The third-order valence-electron chi connectivity index (χ3n) is 6.42. The van der Waals surface area contributed by atoms with Crippen LogP contribution >= 0.6 is 0 Å². The number of piperidine rings is 1. The van der Waals surface area contributed by atoms with Crippen LogP contribution in [-0.2, 0) is 0 Å². The van der Waals surface area contributed by atoms with Crippen molar-refractivity contribution in [3.63, 3.8) is 0 Å². The number of aromatic nitrogens is 4. The molecule has 5 aromatic rings.